The molecule has 1 fully saturated rings. The summed E-state index contributed by atoms with van der Waals surface area (Å²) in [5, 5.41) is 6.15. The van der Waals surface area contributed by atoms with Crippen molar-refractivity contribution in [2.75, 3.05) is 5.32 Å². The van der Waals surface area contributed by atoms with Crippen LogP contribution in [0.2, 0.25) is 5.02 Å². The first-order valence-electron chi connectivity index (χ1n) is 7.26. The Morgan fingerprint density at radius 1 is 1.23 bits per heavy atom. The standard InChI is InChI=1S/C17H19ClN2OS/c1-16(2)13(17(16,3)4)14(21)20-15-19-12(9-22-15)10-7-5-6-8-11(10)18/h5-9,13H,1-4H3,(H,19,20,21). The summed E-state index contributed by atoms with van der Waals surface area (Å²) in [7, 11) is 0. The molecule has 1 aliphatic rings. The molecule has 1 aromatic heterocycles. The molecule has 1 N–H and O–H groups in total. The first kappa shape index (κ1) is 15.5. The number of hydrogen-bond donors (Lipinski definition) is 1. The van der Waals surface area contributed by atoms with E-state index in [1.165, 1.54) is 11.3 Å². The maximum absolute atomic E-state index is 12.4. The number of nitrogens with one attached hydrogen (secondary N) is 1. The number of nitrogens with zero attached hydrogens (tertiary/aromatic N) is 1. The lowest BCUT2D eigenvalue weighted by molar-refractivity contribution is -0.118. The molecule has 0 bridgehead atoms. The molecule has 22 heavy (non-hydrogen) atoms. The molecule has 1 amide bonds. The zero-order chi connectivity index (χ0) is 16.1. The maximum atomic E-state index is 12.4. The quantitative estimate of drug-likeness (QED) is 0.850. The van der Waals surface area contributed by atoms with Gasteiger partial charge in [-0.1, -0.05) is 57.5 Å². The number of rotatable bonds is 3. The van der Waals surface area contributed by atoms with Crippen LogP contribution in [-0.4, -0.2) is 10.9 Å². The summed E-state index contributed by atoms with van der Waals surface area (Å²) < 4.78 is 0. The van der Waals surface area contributed by atoms with Crippen LogP contribution >= 0.6 is 22.9 Å². The van der Waals surface area contributed by atoms with Crippen molar-refractivity contribution in [2.24, 2.45) is 16.7 Å². The van der Waals surface area contributed by atoms with Gasteiger partial charge in [-0.15, -0.1) is 11.3 Å². The minimum absolute atomic E-state index is 0.0210. The third-order valence-corrected chi connectivity index (χ3v) is 6.25. The van der Waals surface area contributed by atoms with Gasteiger partial charge in [0.1, 0.15) is 0 Å². The van der Waals surface area contributed by atoms with Crippen molar-refractivity contribution in [1.29, 1.82) is 0 Å². The summed E-state index contributed by atoms with van der Waals surface area (Å²) in [5.74, 6) is 0.0720. The Kier molecular flexibility index (Phi) is 3.57. The minimum atomic E-state index is 0.0210. The zero-order valence-corrected chi connectivity index (χ0v) is 14.7. The van der Waals surface area contributed by atoms with Crippen LogP contribution in [-0.2, 0) is 4.79 Å². The molecule has 0 unspecified atom stereocenters. The number of benzene rings is 1. The molecule has 1 aliphatic carbocycles. The minimum Gasteiger partial charge on any atom is -0.302 e. The van der Waals surface area contributed by atoms with Gasteiger partial charge in [0.05, 0.1) is 5.69 Å². The van der Waals surface area contributed by atoms with E-state index >= 15 is 0 Å². The summed E-state index contributed by atoms with van der Waals surface area (Å²) >= 11 is 7.61. The van der Waals surface area contributed by atoms with Crippen LogP contribution in [0.5, 0.6) is 0 Å². The second kappa shape index (κ2) is 5.07. The number of aromatic nitrogens is 1. The largest absolute Gasteiger partial charge is 0.302 e. The number of carbonyl (C=O) groups is 1. The molecule has 0 radical (unpaired) electrons. The molecule has 3 rings (SSSR count). The van der Waals surface area contributed by atoms with Crippen LogP contribution in [0.1, 0.15) is 27.7 Å². The molecule has 1 saturated carbocycles. The third-order valence-electron chi connectivity index (χ3n) is 5.17. The van der Waals surface area contributed by atoms with Crippen LogP contribution in [0.3, 0.4) is 0 Å². The molecular formula is C17H19ClN2OS. The predicted octanol–water partition coefficient (Wildman–Crippen LogP) is 5.08. The first-order valence-corrected chi connectivity index (χ1v) is 8.52. The van der Waals surface area contributed by atoms with Gasteiger partial charge >= 0.3 is 0 Å². The van der Waals surface area contributed by atoms with E-state index in [0.29, 0.717) is 10.2 Å². The molecule has 0 aliphatic heterocycles. The van der Waals surface area contributed by atoms with Crippen molar-refractivity contribution in [3.05, 3.63) is 34.7 Å². The van der Waals surface area contributed by atoms with E-state index in [-0.39, 0.29) is 22.7 Å². The molecule has 116 valence electrons. The van der Waals surface area contributed by atoms with Crippen LogP contribution < -0.4 is 5.32 Å². The Balaban J connectivity index is 1.76. The molecule has 2 aromatic rings. The lowest BCUT2D eigenvalue weighted by Gasteiger charge is -2.03. The van der Waals surface area contributed by atoms with Crippen molar-refractivity contribution in [1.82, 2.24) is 4.98 Å². The van der Waals surface area contributed by atoms with Gasteiger partial charge in [-0.3, -0.25) is 4.79 Å². The Labute approximate surface area is 139 Å². The molecule has 1 aromatic carbocycles. The van der Waals surface area contributed by atoms with Crippen molar-refractivity contribution < 1.29 is 4.79 Å². The monoisotopic (exact) mass is 334 g/mol. The second-order valence-corrected chi connectivity index (χ2v) is 8.15. The van der Waals surface area contributed by atoms with Gasteiger partial charge in [-0.05, 0) is 16.9 Å². The number of hydrogen-bond acceptors (Lipinski definition) is 3. The highest BCUT2D eigenvalue weighted by Gasteiger charge is 2.68. The van der Waals surface area contributed by atoms with Gasteiger partial charge < -0.3 is 5.32 Å². The molecule has 1 heterocycles. The lowest BCUT2D eigenvalue weighted by atomic mass is 10.0. The normalized spacial score (nSPS) is 19.0. The van der Waals surface area contributed by atoms with Crippen LogP contribution in [0.4, 0.5) is 5.13 Å². The van der Waals surface area contributed by atoms with E-state index in [2.05, 4.69) is 38.0 Å². The van der Waals surface area contributed by atoms with Crippen LogP contribution in [0.25, 0.3) is 11.3 Å². The fourth-order valence-corrected chi connectivity index (χ4v) is 4.10. The number of thiazole rings is 1. The molecule has 3 nitrogen and oxygen atoms in total. The smallest absolute Gasteiger partial charge is 0.230 e. The van der Waals surface area contributed by atoms with Crippen molar-refractivity contribution >= 4 is 34.0 Å². The van der Waals surface area contributed by atoms with Gasteiger partial charge in [0.2, 0.25) is 5.91 Å². The Bertz CT molecular complexity index is 722. The average molecular weight is 335 g/mol. The summed E-state index contributed by atoms with van der Waals surface area (Å²) in [4.78, 5) is 16.9. The predicted molar refractivity (Wildman–Crippen MR) is 92.2 cm³/mol. The fourth-order valence-electron chi connectivity index (χ4n) is 3.15. The number of anilines is 1. The Morgan fingerprint density at radius 2 is 1.86 bits per heavy atom. The van der Waals surface area contributed by atoms with Crippen LogP contribution in [0.15, 0.2) is 29.6 Å². The number of carbonyl (C=O) groups excluding carboxylic acids is 1. The highest BCUT2D eigenvalue weighted by atomic mass is 35.5. The highest BCUT2D eigenvalue weighted by molar-refractivity contribution is 7.14. The van der Waals surface area contributed by atoms with Gasteiger partial charge in [-0.2, -0.15) is 0 Å². The summed E-state index contributed by atoms with van der Waals surface area (Å²) in [6.07, 6.45) is 0. The van der Waals surface area contributed by atoms with E-state index in [1.54, 1.807) is 0 Å². The van der Waals surface area contributed by atoms with E-state index in [1.807, 2.05) is 29.6 Å². The fraction of sp³-hybridized carbons (Fsp3) is 0.412. The molecule has 0 saturated heterocycles. The van der Waals surface area contributed by atoms with Gasteiger partial charge in [-0.25, -0.2) is 4.98 Å². The van der Waals surface area contributed by atoms with E-state index in [9.17, 15) is 4.79 Å². The average Bonchev–Trinajstić information content (AvgIpc) is 2.77. The topological polar surface area (TPSA) is 42.0 Å². The van der Waals surface area contributed by atoms with Crippen molar-refractivity contribution in [3.8, 4) is 11.3 Å². The summed E-state index contributed by atoms with van der Waals surface area (Å²) in [5.41, 5.74) is 1.73. The Hall–Kier alpha value is -1.39. The maximum Gasteiger partial charge on any atom is 0.230 e. The van der Waals surface area contributed by atoms with Gasteiger partial charge in [0, 0.05) is 21.9 Å². The Morgan fingerprint density at radius 3 is 2.45 bits per heavy atom. The van der Waals surface area contributed by atoms with E-state index in [0.717, 1.165) is 11.3 Å². The zero-order valence-electron chi connectivity index (χ0n) is 13.1. The highest BCUT2D eigenvalue weighted by Crippen LogP contribution is 2.68. The molecule has 5 heteroatoms. The summed E-state index contributed by atoms with van der Waals surface area (Å²) in [6.45, 7) is 8.53. The first-order chi connectivity index (χ1) is 10.2. The molecule has 0 spiro atoms. The van der Waals surface area contributed by atoms with Gasteiger partial charge in [0.25, 0.3) is 0 Å². The van der Waals surface area contributed by atoms with Crippen LogP contribution in [0, 0.1) is 16.7 Å². The number of halogens is 1. The summed E-state index contributed by atoms with van der Waals surface area (Å²) in [6, 6.07) is 7.58. The number of amides is 1. The van der Waals surface area contributed by atoms with E-state index < -0.39 is 0 Å². The van der Waals surface area contributed by atoms with Crippen molar-refractivity contribution in [3.63, 3.8) is 0 Å². The molecular weight excluding hydrogens is 316 g/mol. The van der Waals surface area contributed by atoms with Gasteiger partial charge in [0.15, 0.2) is 5.13 Å². The molecule has 0 atom stereocenters. The lowest BCUT2D eigenvalue weighted by Crippen LogP contribution is -2.17. The second-order valence-electron chi connectivity index (χ2n) is 6.88. The third kappa shape index (κ3) is 2.34. The van der Waals surface area contributed by atoms with E-state index in [4.69, 9.17) is 11.6 Å². The SMILES string of the molecule is CC1(C)C(C(=O)Nc2nc(-c3ccccc3Cl)cs2)C1(C)C. The van der Waals surface area contributed by atoms with Crippen molar-refractivity contribution in [2.45, 2.75) is 27.7 Å².